The van der Waals surface area contributed by atoms with Gasteiger partial charge in [0.05, 0.1) is 6.10 Å². The summed E-state index contributed by atoms with van der Waals surface area (Å²) in [4.78, 5) is 21.8. The van der Waals surface area contributed by atoms with E-state index < -0.39 is 12.0 Å². The van der Waals surface area contributed by atoms with Crippen LogP contribution in [0.5, 0.6) is 0 Å². The highest BCUT2D eigenvalue weighted by Gasteiger charge is 2.37. The monoisotopic (exact) mass is 244 g/mol. The van der Waals surface area contributed by atoms with Crippen LogP contribution in [0.2, 0.25) is 0 Å². The number of carbonyl (C=O) groups is 2. The molecule has 1 fully saturated rings. The maximum Gasteiger partial charge on any atom is 0.327 e. The van der Waals surface area contributed by atoms with Gasteiger partial charge in [0, 0.05) is 25.6 Å². The standard InChI is InChI=1S/C11H20N2O4/c1-7-11(3,4-5-17-7)12-6-9(10(15)16)13-8(2)14/h7,9,12H,4-6H2,1-3H3,(H,13,14)(H,15,16). The SMILES string of the molecule is CC(=O)NC(CNC1(C)CCOC1C)C(=O)O. The summed E-state index contributed by atoms with van der Waals surface area (Å²) < 4.78 is 5.45. The first kappa shape index (κ1) is 13.9. The molecular weight excluding hydrogens is 224 g/mol. The van der Waals surface area contributed by atoms with Gasteiger partial charge in [0.25, 0.3) is 0 Å². The molecule has 3 N–H and O–H groups in total. The zero-order chi connectivity index (χ0) is 13.1. The molecule has 0 aromatic carbocycles. The molecular formula is C11H20N2O4. The molecule has 0 spiro atoms. The van der Waals surface area contributed by atoms with Crippen molar-refractivity contribution in [2.75, 3.05) is 13.2 Å². The fraction of sp³-hybridized carbons (Fsp3) is 0.818. The number of ether oxygens (including phenoxy) is 1. The summed E-state index contributed by atoms with van der Waals surface area (Å²) in [5, 5.41) is 14.5. The van der Waals surface area contributed by atoms with Crippen LogP contribution in [0, 0.1) is 0 Å². The van der Waals surface area contributed by atoms with Crippen LogP contribution in [-0.2, 0) is 14.3 Å². The lowest BCUT2D eigenvalue weighted by Gasteiger charge is -2.30. The minimum absolute atomic E-state index is 0.0364. The molecule has 6 nitrogen and oxygen atoms in total. The number of hydrogen-bond acceptors (Lipinski definition) is 4. The third-order valence-electron chi connectivity index (χ3n) is 3.27. The first-order chi connectivity index (χ1) is 7.85. The van der Waals surface area contributed by atoms with Crippen molar-refractivity contribution in [3.8, 4) is 0 Å². The number of amides is 1. The number of carboxylic acids is 1. The second kappa shape index (κ2) is 5.46. The Balaban J connectivity index is 2.51. The van der Waals surface area contributed by atoms with Crippen LogP contribution in [0.1, 0.15) is 27.2 Å². The summed E-state index contributed by atoms with van der Waals surface area (Å²) in [6, 6.07) is -0.905. The van der Waals surface area contributed by atoms with Crippen molar-refractivity contribution in [3.63, 3.8) is 0 Å². The van der Waals surface area contributed by atoms with Crippen molar-refractivity contribution in [2.45, 2.75) is 44.9 Å². The highest BCUT2D eigenvalue weighted by atomic mass is 16.5. The van der Waals surface area contributed by atoms with E-state index in [0.29, 0.717) is 6.61 Å². The van der Waals surface area contributed by atoms with Crippen LogP contribution < -0.4 is 10.6 Å². The molecule has 0 aromatic heterocycles. The molecule has 1 aliphatic rings. The molecule has 1 saturated heterocycles. The molecule has 0 aromatic rings. The quantitative estimate of drug-likeness (QED) is 0.620. The number of carbonyl (C=O) groups excluding carboxylic acids is 1. The molecule has 0 aliphatic carbocycles. The smallest absolute Gasteiger partial charge is 0.327 e. The zero-order valence-corrected chi connectivity index (χ0v) is 10.4. The van der Waals surface area contributed by atoms with E-state index in [4.69, 9.17) is 9.84 Å². The van der Waals surface area contributed by atoms with Gasteiger partial charge in [0.1, 0.15) is 6.04 Å². The van der Waals surface area contributed by atoms with E-state index in [1.165, 1.54) is 6.92 Å². The van der Waals surface area contributed by atoms with Crippen molar-refractivity contribution < 1.29 is 19.4 Å². The molecule has 1 heterocycles. The van der Waals surface area contributed by atoms with Crippen molar-refractivity contribution in [2.24, 2.45) is 0 Å². The number of carboxylic acid groups (broad SMARTS) is 1. The lowest BCUT2D eigenvalue weighted by molar-refractivity contribution is -0.141. The van der Waals surface area contributed by atoms with E-state index in [9.17, 15) is 9.59 Å². The fourth-order valence-electron chi connectivity index (χ4n) is 1.85. The Morgan fingerprint density at radius 3 is 2.65 bits per heavy atom. The van der Waals surface area contributed by atoms with Gasteiger partial charge in [-0.25, -0.2) is 4.79 Å². The van der Waals surface area contributed by atoms with Gasteiger partial charge in [-0.2, -0.15) is 0 Å². The van der Waals surface area contributed by atoms with Crippen LogP contribution in [0.15, 0.2) is 0 Å². The van der Waals surface area contributed by atoms with Gasteiger partial charge in [0.15, 0.2) is 0 Å². The van der Waals surface area contributed by atoms with E-state index >= 15 is 0 Å². The number of nitrogens with one attached hydrogen (secondary N) is 2. The zero-order valence-electron chi connectivity index (χ0n) is 10.4. The summed E-state index contributed by atoms with van der Waals surface area (Å²) >= 11 is 0. The summed E-state index contributed by atoms with van der Waals surface area (Å²) in [6.45, 7) is 6.12. The molecule has 1 aliphatic heterocycles. The van der Waals surface area contributed by atoms with Crippen LogP contribution in [0.3, 0.4) is 0 Å². The van der Waals surface area contributed by atoms with Gasteiger partial charge in [-0.1, -0.05) is 0 Å². The minimum Gasteiger partial charge on any atom is -0.480 e. The van der Waals surface area contributed by atoms with E-state index in [1.54, 1.807) is 0 Å². The number of rotatable bonds is 5. The van der Waals surface area contributed by atoms with Crippen molar-refractivity contribution in [1.82, 2.24) is 10.6 Å². The fourth-order valence-corrected chi connectivity index (χ4v) is 1.85. The summed E-state index contributed by atoms with van der Waals surface area (Å²) in [6.07, 6.45) is 0.870. The Bertz CT molecular complexity index is 308. The first-order valence-electron chi connectivity index (χ1n) is 5.71. The van der Waals surface area contributed by atoms with Gasteiger partial charge in [0.2, 0.25) is 5.91 Å². The molecule has 0 saturated carbocycles. The molecule has 0 radical (unpaired) electrons. The molecule has 6 heteroatoms. The van der Waals surface area contributed by atoms with Crippen molar-refractivity contribution in [3.05, 3.63) is 0 Å². The molecule has 3 atom stereocenters. The van der Waals surface area contributed by atoms with Crippen LogP contribution in [0.25, 0.3) is 0 Å². The maximum absolute atomic E-state index is 10.9. The third-order valence-corrected chi connectivity index (χ3v) is 3.27. The molecule has 17 heavy (non-hydrogen) atoms. The van der Waals surface area contributed by atoms with Crippen molar-refractivity contribution >= 4 is 11.9 Å². The minimum atomic E-state index is -1.04. The van der Waals surface area contributed by atoms with E-state index in [0.717, 1.165) is 6.42 Å². The van der Waals surface area contributed by atoms with Crippen LogP contribution >= 0.6 is 0 Å². The predicted molar refractivity (Wildman–Crippen MR) is 61.7 cm³/mol. The van der Waals surface area contributed by atoms with Crippen molar-refractivity contribution in [1.29, 1.82) is 0 Å². The Morgan fingerprint density at radius 1 is 1.59 bits per heavy atom. The number of hydrogen-bond donors (Lipinski definition) is 3. The summed E-state index contributed by atoms with van der Waals surface area (Å²) in [5.74, 6) is -1.39. The Hall–Kier alpha value is -1.14. The lowest BCUT2D eigenvalue weighted by Crippen LogP contribution is -2.55. The predicted octanol–water partition coefficient (Wildman–Crippen LogP) is -0.267. The Kier molecular flexibility index (Phi) is 4.47. The van der Waals surface area contributed by atoms with Gasteiger partial charge < -0.3 is 20.5 Å². The largest absolute Gasteiger partial charge is 0.480 e. The second-order valence-corrected chi connectivity index (χ2v) is 4.65. The summed E-state index contributed by atoms with van der Waals surface area (Å²) in [5.41, 5.74) is -0.230. The Labute approximate surface area is 101 Å². The highest BCUT2D eigenvalue weighted by Crippen LogP contribution is 2.24. The highest BCUT2D eigenvalue weighted by molar-refractivity contribution is 5.82. The van der Waals surface area contributed by atoms with Crippen LogP contribution in [-0.4, -0.2) is 47.8 Å². The lowest BCUT2D eigenvalue weighted by atomic mass is 9.94. The van der Waals surface area contributed by atoms with Gasteiger partial charge in [-0.3, -0.25) is 4.79 Å². The van der Waals surface area contributed by atoms with E-state index in [-0.39, 0.29) is 24.1 Å². The number of aliphatic carboxylic acids is 1. The second-order valence-electron chi connectivity index (χ2n) is 4.65. The van der Waals surface area contributed by atoms with Gasteiger partial charge in [-0.05, 0) is 20.3 Å². The molecule has 1 amide bonds. The third kappa shape index (κ3) is 3.67. The first-order valence-corrected chi connectivity index (χ1v) is 5.71. The average molecular weight is 244 g/mol. The molecule has 0 bridgehead atoms. The normalized spacial score (nSPS) is 29.9. The van der Waals surface area contributed by atoms with E-state index in [2.05, 4.69) is 10.6 Å². The van der Waals surface area contributed by atoms with Gasteiger partial charge in [-0.15, -0.1) is 0 Å². The average Bonchev–Trinajstić information content (AvgIpc) is 2.54. The molecule has 1 rings (SSSR count). The molecule has 3 unspecified atom stereocenters. The van der Waals surface area contributed by atoms with Crippen LogP contribution in [0.4, 0.5) is 0 Å². The van der Waals surface area contributed by atoms with E-state index in [1.807, 2.05) is 13.8 Å². The topological polar surface area (TPSA) is 87.7 Å². The maximum atomic E-state index is 10.9. The van der Waals surface area contributed by atoms with Gasteiger partial charge >= 0.3 is 5.97 Å². The molecule has 98 valence electrons. The Morgan fingerprint density at radius 2 is 2.24 bits per heavy atom. The summed E-state index contributed by atoms with van der Waals surface area (Å²) in [7, 11) is 0.